The molecule has 1 rings (SSSR count). The highest BCUT2D eigenvalue weighted by Crippen LogP contribution is 2.35. The first-order chi connectivity index (χ1) is 9.15. The first-order valence-corrected chi connectivity index (χ1v) is 6.52. The molecule has 0 aliphatic heterocycles. The van der Waals surface area contributed by atoms with Gasteiger partial charge in [-0.2, -0.15) is 0 Å². The zero-order chi connectivity index (χ0) is 14.3. The van der Waals surface area contributed by atoms with E-state index in [0.29, 0.717) is 31.0 Å². The fraction of sp³-hybridized carbons (Fsp3) is 0.538. The molecule has 0 radical (unpaired) electrons. The summed E-state index contributed by atoms with van der Waals surface area (Å²) in [6.45, 7) is 5.57. The van der Waals surface area contributed by atoms with Gasteiger partial charge in [-0.15, -0.1) is 0 Å². The number of benzene rings is 1. The summed E-state index contributed by atoms with van der Waals surface area (Å²) in [5.74, 6) is 0. The molecule has 0 bridgehead atoms. The SMILES string of the molecule is CCCN(CCO)c1cccc(NCC)c1[N+](=O)[O-]. The van der Waals surface area contributed by atoms with Gasteiger partial charge < -0.3 is 15.3 Å². The van der Waals surface area contributed by atoms with E-state index in [0.717, 1.165) is 6.42 Å². The maximum Gasteiger partial charge on any atom is 0.315 e. The van der Waals surface area contributed by atoms with Gasteiger partial charge in [-0.3, -0.25) is 10.1 Å². The van der Waals surface area contributed by atoms with E-state index < -0.39 is 0 Å². The van der Waals surface area contributed by atoms with Gasteiger partial charge in [0.05, 0.1) is 11.5 Å². The van der Waals surface area contributed by atoms with Crippen molar-refractivity contribution in [1.29, 1.82) is 0 Å². The number of nitrogens with one attached hydrogen (secondary N) is 1. The number of aliphatic hydroxyl groups excluding tert-OH is 1. The predicted molar refractivity (Wildman–Crippen MR) is 76.8 cm³/mol. The van der Waals surface area contributed by atoms with E-state index in [1.807, 2.05) is 18.7 Å². The van der Waals surface area contributed by atoms with E-state index in [1.165, 1.54) is 0 Å². The van der Waals surface area contributed by atoms with Crippen molar-refractivity contribution in [3.8, 4) is 0 Å². The molecule has 6 heteroatoms. The summed E-state index contributed by atoms with van der Waals surface area (Å²) >= 11 is 0. The average Bonchev–Trinajstić information content (AvgIpc) is 2.38. The molecule has 0 saturated carbocycles. The van der Waals surface area contributed by atoms with Crippen molar-refractivity contribution in [2.24, 2.45) is 0 Å². The van der Waals surface area contributed by atoms with Gasteiger partial charge in [0.1, 0.15) is 11.4 Å². The number of hydrogen-bond donors (Lipinski definition) is 2. The van der Waals surface area contributed by atoms with Gasteiger partial charge in [0.15, 0.2) is 0 Å². The number of para-hydroxylation sites is 1. The summed E-state index contributed by atoms with van der Waals surface area (Å²) in [6, 6.07) is 5.22. The first-order valence-electron chi connectivity index (χ1n) is 6.52. The molecule has 0 fully saturated rings. The minimum absolute atomic E-state index is 0.0252. The molecule has 0 amide bonds. The van der Waals surface area contributed by atoms with Gasteiger partial charge in [0.2, 0.25) is 0 Å². The standard InChI is InChI=1S/C13H21N3O3/c1-3-8-15(9-10-17)12-7-5-6-11(14-4-2)13(12)16(18)19/h5-7,14,17H,3-4,8-10H2,1-2H3. The van der Waals surface area contributed by atoms with Crippen molar-refractivity contribution in [3.63, 3.8) is 0 Å². The van der Waals surface area contributed by atoms with Gasteiger partial charge in [0, 0.05) is 19.6 Å². The lowest BCUT2D eigenvalue weighted by Gasteiger charge is -2.23. The molecule has 1 aromatic carbocycles. The Morgan fingerprint density at radius 2 is 2.11 bits per heavy atom. The summed E-state index contributed by atoms with van der Waals surface area (Å²) in [5.41, 5.74) is 1.15. The third-order valence-electron chi connectivity index (χ3n) is 2.77. The zero-order valence-electron chi connectivity index (χ0n) is 11.4. The number of nitrogens with zero attached hydrogens (tertiary/aromatic N) is 2. The van der Waals surface area contributed by atoms with Crippen LogP contribution < -0.4 is 10.2 Å². The minimum Gasteiger partial charge on any atom is -0.395 e. The second kappa shape index (κ2) is 7.58. The van der Waals surface area contributed by atoms with E-state index in [9.17, 15) is 10.1 Å². The number of rotatable bonds is 8. The summed E-state index contributed by atoms with van der Waals surface area (Å²) in [5, 5.41) is 23.4. The molecule has 1 aromatic rings. The van der Waals surface area contributed by atoms with Crippen molar-refractivity contribution in [3.05, 3.63) is 28.3 Å². The van der Waals surface area contributed by atoms with E-state index in [-0.39, 0.29) is 17.2 Å². The Labute approximate surface area is 113 Å². The molecular weight excluding hydrogens is 246 g/mol. The van der Waals surface area contributed by atoms with Crippen LogP contribution >= 0.6 is 0 Å². The van der Waals surface area contributed by atoms with Crippen LogP contribution in [0.1, 0.15) is 20.3 Å². The maximum atomic E-state index is 11.3. The highest BCUT2D eigenvalue weighted by molar-refractivity contribution is 5.77. The lowest BCUT2D eigenvalue weighted by atomic mass is 10.2. The van der Waals surface area contributed by atoms with Crippen LogP contribution in [0, 0.1) is 10.1 Å². The number of nitro groups is 1. The molecule has 0 spiro atoms. The van der Waals surface area contributed by atoms with Crippen LogP contribution in [0.15, 0.2) is 18.2 Å². The number of nitro benzene ring substituents is 1. The summed E-state index contributed by atoms with van der Waals surface area (Å²) < 4.78 is 0. The van der Waals surface area contributed by atoms with Crippen LogP contribution in [0.5, 0.6) is 0 Å². The molecular formula is C13H21N3O3. The third kappa shape index (κ3) is 3.82. The van der Waals surface area contributed by atoms with Crippen LogP contribution in [0.4, 0.5) is 17.1 Å². The number of hydrogen-bond acceptors (Lipinski definition) is 5. The number of aliphatic hydroxyl groups is 1. The van der Waals surface area contributed by atoms with Crippen LogP contribution in [0.2, 0.25) is 0 Å². The molecule has 0 unspecified atom stereocenters. The molecule has 0 aromatic heterocycles. The minimum atomic E-state index is -0.368. The van der Waals surface area contributed by atoms with Gasteiger partial charge >= 0.3 is 5.69 Å². The second-order valence-corrected chi connectivity index (χ2v) is 4.17. The van der Waals surface area contributed by atoms with E-state index in [4.69, 9.17) is 5.11 Å². The first kappa shape index (κ1) is 15.2. The van der Waals surface area contributed by atoms with Crippen molar-refractivity contribution in [2.45, 2.75) is 20.3 Å². The highest BCUT2D eigenvalue weighted by atomic mass is 16.6. The summed E-state index contributed by atoms with van der Waals surface area (Å²) in [6.07, 6.45) is 0.864. The normalized spacial score (nSPS) is 10.3. The Balaban J connectivity index is 3.23. The Kier molecular flexibility index (Phi) is 6.08. The second-order valence-electron chi connectivity index (χ2n) is 4.17. The van der Waals surface area contributed by atoms with Crippen LogP contribution in [0.25, 0.3) is 0 Å². The van der Waals surface area contributed by atoms with E-state index in [1.54, 1.807) is 18.2 Å². The lowest BCUT2D eigenvalue weighted by Crippen LogP contribution is -2.28. The van der Waals surface area contributed by atoms with Crippen molar-refractivity contribution < 1.29 is 10.0 Å². The van der Waals surface area contributed by atoms with Gasteiger partial charge in [0.25, 0.3) is 0 Å². The quantitative estimate of drug-likeness (QED) is 0.558. The topological polar surface area (TPSA) is 78.6 Å². The Morgan fingerprint density at radius 1 is 1.37 bits per heavy atom. The van der Waals surface area contributed by atoms with Crippen LogP contribution in [0.3, 0.4) is 0 Å². The summed E-state index contributed by atoms with van der Waals surface area (Å²) in [4.78, 5) is 12.8. The Morgan fingerprint density at radius 3 is 2.63 bits per heavy atom. The van der Waals surface area contributed by atoms with Crippen molar-refractivity contribution in [1.82, 2.24) is 0 Å². The molecule has 0 heterocycles. The average molecular weight is 267 g/mol. The van der Waals surface area contributed by atoms with E-state index >= 15 is 0 Å². The van der Waals surface area contributed by atoms with Crippen LogP contribution in [-0.2, 0) is 0 Å². The van der Waals surface area contributed by atoms with Gasteiger partial charge in [-0.05, 0) is 25.5 Å². The molecule has 0 aliphatic rings. The van der Waals surface area contributed by atoms with Gasteiger partial charge in [-0.25, -0.2) is 0 Å². The summed E-state index contributed by atoms with van der Waals surface area (Å²) in [7, 11) is 0. The fourth-order valence-electron chi connectivity index (χ4n) is 2.05. The molecule has 19 heavy (non-hydrogen) atoms. The fourth-order valence-corrected chi connectivity index (χ4v) is 2.05. The zero-order valence-corrected chi connectivity index (χ0v) is 11.4. The highest BCUT2D eigenvalue weighted by Gasteiger charge is 2.22. The smallest absolute Gasteiger partial charge is 0.315 e. The Bertz CT molecular complexity index is 418. The molecule has 106 valence electrons. The molecule has 2 N–H and O–H groups in total. The Hall–Kier alpha value is -1.82. The molecule has 0 saturated heterocycles. The van der Waals surface area contributed by atoms with Gasteiger partial charge in [-0.1, -0.05) is 13.0 Å². The predicted octanol–water partition coefficient (Wildman–Crippen LogP) is 2.24. The monoisotopic (exact) mass is 267 g/mol. The molecule has 0 aliphatic carbocycles. The van der Waals surface area contributed by atoms with Crippen molar-refractivity contribution >= 4 is 17.1 Å². The maximum absolute atomic E-state index is 11.3. The lowest BCUT2D eigenvalue weighted by molar-refractivity contribution is -0.383. The van der Waals surface area contributed by atoms with E-state index in [2.05, 4.69) is 5.32 Å². The van der Waals surface area contributed by atoms with Crippen molar-refractivity contribution in [2.75, 3.05) is 36.5 Å². The third-order valence-corrected chi connectivity index (χ3v) is 2.77. The largest absolute Gasteiger partial charge is 0.395 e. The molecule has 6 nitrogen and oxygen atoms in total. The van der Waals surface area contributed by atoms with Crippen LogP contribution in [-0.4, -0.2) is 36.3 Å². The number of anilines is 2. The molecule has 0 atom stereocenters.